The van der Waals surface area contributed by atoms with Crippen LogP contribution in [0.15, 0.2) is 53.0 Å². The van der Waals surface area contributed by atoms with Crippen molar-refractivity contribution >= 4 is 39.9 Å². The van der Waals surface area contributed by atoms with E-state index in [-0.39, 0.29) is 24.4 Å². The second kappa shape index (κ2) is 9.06. The van der Waals surface area contributed by atoms with Crippen molar-refractivity contribution in [2.45, 2.75) is 25.5 Å². The highest BCUT2D eigenvalue weighted by Crippen LogP contribution is 2.29. The van der Waals surface area contributed by atoms with E-state index in [1.54, 1.807) is 0 Å². The van der Waals surface area contributed by atoms with Crippen molar-refractivity contribution in [1.29, 1.82) is 0 Å². The van der Waals surface area contributed by atoms with Crippen LogP contribution in [-0.4, -0.2) is 18.5 Å². The van der Waals surface area contributed by atoms with Gasteiger partial charge in [-0.1, -0.05) is 30.3 Å². The number of ether oxygens (including phenoxy) is 1. The number of halogens is 2. The predicted molar refractivity (Wildman–Crippen MR) is 102 cm³/mol. The maximum absolute atomic E-state index is 12.1. The maximum atomic E-state index is 12.1. The van der Waals surface area contributed by atoms with Gasteiger partial charge in [-0.2, -0.15) is 0 Å². The predicted octanol–water partition coefficient (Wildman–Crippen LogP) is 4.14. The fraction of sp³-hybridized carbons (Fsp3) is 0.278. The van der Waals surface area contributed by atoms with Crippen LogP contribution in [0.1, 0.15) is 18.4 Å². The molecule has 24 heavy (non-hydrogen) atoms. The average molecular weight is 412 g/mol. The lowest BCUT2D eigenvalue weighted by Crippen LogP contribution is -2.35. The molecule has 128 valence electrons. The summed E-state index contributed by atoms with van der Waals surface area (Å²) in [6.07, 6.45) is 1.94. The lowest BCUT2D eigenvalue weighted by atomic mass is 10.2. The maximum Gasteiger partial charge on any atom is 0.241 e. The van der Waals surface area contributed by atoms with Gasteiger partial charge in [0.2, 0.25) is 5.91 Å². The fourth-order valence-electron chi connectivity index (χ4n) is 2.57. The molecular formula is C18H20BrClN2O2. The zero-order valence-electron chi connectivity index (χ0n) is 13.1. The average Bonchev–Trinajstić information content (AvgIpc) is 3.10. The van der Waals surface area contributed by atoms with Crippen molar-refractivity contribution in [2.24, 2.45) is 0 Å². The number of nitrogens with one attached hydrogen (secondary N) is 2. The van der Waals surface area contributed by atoms with E-state index in [4.69, 9.17) is 4.74 Å². The number of benzene rings is 2. The molecule has 3 rings (SSSR count). The van der Waals surface area contributed by atoms with E-state index in [0.29, 0.717) is 6.61 Å². The summed E-state index contributed by atoms with van der Waals surface area (Å²) in [4.78, 5) is 12.1. The first-order valence-electron chi connectivity index (χ1n) is 7.73. The van der Waals surface area contributed by atoms with E-state index in [2.05, 4.69) is 26.6 Å². The largest absolute Gasteiger partial charge is 0.488 e. The van der Waals surface area contributed by atoms with Crippen molar-refractivity contribution in [1.82, 2.24) is 5.32 Å². The lowest BCUT2D eigenvalue weighted by molar-refractivity contribution is -0.117. The van der Waals surface area contributed by atoms with E-state index >= 15 is 0 Å². The molecule has 1 aliphatic rings. The molecule has 2 N–H and O–H groups in total. The molecule has 1 fully saturated rings. The zero-order valence-corrected chi connectivity index (χ0v) is 15.5. The Morgan fingerprint density at radius 2 is 2.04 bits per heavy atom. The zero-order chi connectivity index (χ0) is 16.1. The number of rotatable bonds is 5. The summed E-state index contributed by atoms with van der Waals surface area (Å²) in [5.74, 6) is 0.776. The monoisotopic (exact) mass is 410 g/mol. The summed E-state index contributed by atoms with van der Waals surface area (Å²) in [6.45, 7) is 1.42. The van der Waals surface area contributed by atoms with Crippen LogP contribution < -0.4 is 15.4 Å². The van der Waals surface area contributed by atoms with Crippen molar-refractivity contribution in [3.8, 4) is 5.75 Å². The standard InChI is InChI=1S/C18H19BrN2O2.ClH/c19-15-11-14(21-18(22)16-7-4-10-20-16)8-9-17(15)23-12-13-5-2-1-3-6-13;/h1-3,5-6,8-9,11,16,20H,4,7,10,12H2,(H,21,22);1H. The minimum Gasteiger partial charge on any atom is -0.488 e. The molecule has 1 aliphatic heterocycles. The molecule has 0 spiro atoms. The highest BCUT2D eigenvalue weighted by molar-refractivity contribution is 9.10. The lowest BCUT2D eigenvalue weighted by Gasteiger charge is -2.13. The van der Waals surface area contributed by atoms with Gasteiger partial charge in [-0.25, -0.2) is 0 Å². The van der Waals surface area contributed by atoms with Gasteiger partial charge in [0.15, 0.2) is 0 Å². The van der Waals surface area contributed by atoms with Crippen molar-refractivity contribution < 1.29 is 9.53 Å². The van der Waals surface area contributed by atoms with Crippen LogP contribution in [0.25, 0.3) is 0 Å². The fourth-order valence-corrected chi connectivity index (χ4v) is 3.06. The number of anilines is 1. The van der Waals surface area contributed by atoms with Gasteiger partial charge in [-0.3, -0.25) is 4.79 Å². The SMILES string of the molecule is Cl.O=C(Nc1ccc(OCc2ccccc2)c(Br)c1)C1CCCN1. The quantitative estimate of drug-likeness (QED) is 0.777. The second-order valence-electron chi connectivity index (χ2n) is 5.56. The summed E-state index contributed by atoms with van der Waals surface area (Å²) in [5, 5.41) is 6.13. The molecule has 0 radical (unpaired) electrons. The molecule has 0 aliphatic carbocycles. The van der Waals surface area contributed by atoms with Gasteiger partial charge in [0.25, 0.3) is 0 Å². The van der Waals surface area contributed by atoms with Crippen molar-refractivity contribution in [3.63, 3.8) is 0 Å². The first-order chi connectivity index (χ1) is 11.2. The normalized spacial score (nSPS) is 16.3. The molecule has 1 heterocycles. The van der Waals surface area contributed by atoms with Crippen molar-refractivity contribution in [3.05, 3.63) is 58.6 Å². The summed E-state index contributed by atoms with van der Waals surface area (Å²) >= 11 is 3.50. The van der Waals surface area contributed by atoms with Crippen LogP contribution in [0, 0.1) is 0 Å². The minimum atomic E-state index is -0.0808. The topological polar surface area (TPSA) is 50.4 Å². The van der Waals surface area contributed by atoms with E-state index in [0.717, 1.165) is 40.9 Å². The van der Waals surface area contributed by atoms with Crippen LogP contribution >= 0.6 is 28.3 Å². The molecule has 2 aromatic carbocycles. The van der Waals surface area contributed by atoms with Gasteiger partial charge in [-0.05, 0) is 59.1 Å². The molecule has 1 atom stereocenters. The molecule has 4 nitrogen and oxygen atoms in total. The Morgan fingerprint density at radius 3 is 2.71 bits per heavy atom. The molecule has 1 unspecified atom stereocenters. The second-order valence-corrected chi connectivity index (χ2v) is 6.41. The van der Waals surface area contributed by atoms with Crippen LogP contribution in [0.2, 0.25) is 0 Å². The Bertz CT molecular complexity index is 676. The summed E-state index contributed by atoms with van der Waals surface area (Å²) in [6, 6.07) is 15.5. The Morgan fingerprint density at radius 1 is 1.25 bits per heavy atom. The van der Waals surface area contributed by atoms with Gasteiger partial charge in [0, 0.05) is 5.69 Å². The molecule has 0 saturated carbocycles. The van der Waals surface area contributed by atoms with E-state index < -0.39 is 0 Å². The highest BCUT2D eigenvalue weighted by atomic mass is 79.9. The summed E-state index contributed by atoms with van der Waals surface area (Å²) in [7, 11) is 0. The number of carbonyl (C=O) groups is 1. The Hall–Kier alpha value is -1.56. The third-order valence-electron chi connectivity index (χ3n) is 3.81. The first-order valence-corrected chi connectivity index (χ1v) is 8.52. The van der Waals surface area contributed by atoms with Crippen LogP contribution in [-0.2, 0) is 11.4 Å². The smallest absolute Gasteiger partial charge is 0.241 e. The molecular weight excluding hydrogens is 392 g/mol. The third kappa shape index (κ3) is 4.97. The first kappa shape index (κ1) is 18.8. The van der Waals surface area contributed by atoms with Gasteiger partial charge in [0.1, 0.15) is 12.4 Å². The Labute approximate surface area is 156 Å². The van der Waals surface area contributed by atoms with Gasteiger partial charge in [-0.15, -0.1) is 12.4 Å². The Balaban J connectivity index is 0.00000208. The number of hydrogen-bond acceptors (Lipinski definition) is 3. The third-order valence-corrected chi connectivity index (χ3v) is 4.43. The van der Waals surface area contributed by atoms with E-state index in [1.807, 2.05) is 48.5 Å². The minimum absolute atomic E-state index is 0. The number of amides is 1. The molecule has 0 aromatic heterocycles. The van der Waals surface area contributed by atoms with Gasteiger partial charge >= 0.3 is 0 Å². The van der Waals surface area contributed by atoms with Gasteiger partial charge in [0.05, 0.1) is 10.5 Å². The molecule has 6 heteroatoms. The molecule has 2 aromatic rings. The van der Waals surface area contributed by atoms with Crippen molar-refractivity contribution in [2.75, 3.05) is 11.9 Å². The summed E-state index contributed by atoms with van der Waals surface area (Å²) in [5.41, 5.74) is 1.88. The van der Waals surface area contributed by atoms with E-state index in [9.17, 15) is 4.79 Å². The van der Waals surface area contributed by atoms with Crippen LogP contribution in [0.5, 0.6) is 5.75 Å². The number of carbonyl (C=O) groups excluding carboxylic acids is 1. The molecule has 1 amide bonds. The summed E-state index contributed by atoms with van der Waals surface area (Å²) < 4.78 is 6.64. The Kier molecular flexibility index (Phi) is 7.09. The number of hydrogen-bond donors (Lipinski definition) is 2. The molecule has 1 saturated heterocycles. The highest BCUT2D eigenvalue weighted by Gasteiger charge is 2.22. The molecule has 0 bridgehead atoms. The van der Waals surface area contributed by atoms with Gasteiger partial charge < -0.3 is 15.4 Å². The van der Waals surface area contributed by atoms with Crippen LogP contribution in [0.4, 0.5) is 5.69 Å². The van der Waals surface area contributed by atoms with Crippen LogP contribution in [0.3, 0.4) is 0 Å². The van der Waals surface area contributed by atoms with E-state index in [1.165, 1.54) is 0 Å².